The number of hydrogen-bond acceptors (Lipinski definition) is 6. The summed E-state index contributed by atoms with van der Waals surface area (Å²) in [5, 5.41) is 22.1. The van der Waals surface area contributed by atoms with Crippen molar-refractivity contribution >= 4 is 33.7 Å². The molecule has 0 saturated heterocycles. The second-order valence-corrected chi connectivity index (χ2v) is 12.5. The minimum Gasteiger partial charge on any atom is -0.438 e. The number of furan rings is 2. The molecule has 0 N–H and O–H groups in total. The zero-order valence-electron chi connectivity index (χ0n) is 28.9. The van der Waals surface area contributed by atoms with Gasteiger partial charge in [-0.15, -0.1) is 12.8 Å². The lowest BCUT2D eigenvalue weighted by Crippen LogP contribution is -2.26. The Morgan fingerprint density at radius 1 is 0.478 bits per heavy atom. The second-order valence-electron chi connectivity index (χ2n) is 12.5. The molecular formula is C40H54N4O2. The quantitative estimate of drug-likeness (QED) is 0.0819. The molecule has 3 rings (SSSR count). The Morgan fingerprint density at radius 2 is 0.783 bits per heavy atom. The summed E-state index contributed by atoms with van der Waals surface area (Å²) in [6.45, 7) is 11.9. The first-order valence-corrected chi connectivity index (χ1v) is 17.9. The predicted molar refractivity (Wildman–Crippen MR) is 192 cm³/mol. The van der Waals surface area contributed by atoms with Gasteiger partial charge in [0.25, 0.3) is 0 Å². The molecule has 0 aliphatic rings. The number of fused-ring (bicyclic) bond motifs is 2. The molecule has 3 aromatic rings. The maximum absolute atomic E-state index is 10.6. The largest absolute Gasteiger partial charge is 0.438 e. The Morgan fingerprint density at radius 3 is 1.02 bits per heavy atom. The zero-order chi connectivity index (χ0) is 33.3. The first kappa shape index (κ1) is 36.5. The van der Waals surface area contributed by atoms with Crippen molar-refractivity contribution in [1.82, 2.24) is 0 Å². The van der Waals surface area contributed by atoms with Crippen LogP contribution in [0.5, 0.6) is 0 Å². The number of nitrogens with zero attached hydrogens (tertiary/aromatic N) is 4. The van der Waals surface area contributed by atoms with Gasteiger partial charge in [-0.05, 0) is 25.7 Å². The minimum atomic E-state index is 0.389. The van der Waals surface area contributed by atoms with E-state index in [1.165, 1.54) is 25.7 Å². The molecule has 6 heteroatoms. The number of nitriles is 2. The molecule has 2 heterocycles. The monoisotopic (exact) mass is 622 g/mol. The topological polar surface area (TPSA) is 80.3 Å². The van der Waals surface area contributed by atoms with Crippen LogP contribution >= 0.6 is 0 Å². The lowest BCUT2D eigenvalue weighted by Gasteiger charge is -2.22. The third-order valence-corrected chi connectivity index (χ3v) is 8.95. The number of terminal acetylenes is 2. The third-order valence-electron chi connectivity index (χ3n) is 8.95. The van der Waals surface area contributed by atoms with Gasteiger partial charge < -0.3 is 18.6 Å². The number of unbranched alkanes of at least 4 members (excludes halogenated alkanes) is 12. The van der Waals surface area contributed by atoms with Gasteiger partial charge in [-0.25, -0.2) is 0 Å². The number of anilines is 2. The summed E-state index contributed by atoms with van der Waals surface area (Å²) in [6, 6.07) is 4.83. The van der Waals surface area contributed by atoms with Gasteiger partial charge >= 0.3 is 0 Å². The van der Waals surface area contributed by atoms with Crippen LogP contribution in [0.1, 0.15) is 153 Å². The van der Waals surface area contributed by atoms with Crippen LogP contribution in [0.4, 0.5) is 11.8 Å². The van der Waals surface area contributed by atoms with E-state index >= 15 is 0 Å². The van der Waals surface area contributed by atoms with Crippen molar-refractivity contribution in [2.45, 2.75) is 130 Å². The minimum absolute atomic E-state index is 0.389. The first-order chi connectivity index (χ1) is 22.6. The summed E-state index contributed by atoms with van der Waals surface area (Å²) in [5.41, 5.74) is 2.41. The zero-order valence-corrected chi connectivity index (χ0v) is 28.9. The van der Waals surface area contributed by atoms with Gasteiger partial charge in [-0.2, -0.15) is 10.5 Å². The maximum atomic E-state index is 10.6. The third kappa shape index (κ3) is 8.62. The van der Waals surface area contributed by atoms with E-state index < -0.39 is 0 Å². The summed E-state index contributed by atoms with van der Waals surface area (Å²) < 4.78 is 13.2. The molecule has 0 saturated carbocycles. The van der Waals surface area contributed by atoms with Crippen molar-refractivity contribution in [3.05, 3.63) is 22.3 Å². The smallest absolute Gasteiger partial charge is 0.214 e. The van der Waals surface area contributed by atoms with Crippen LogP contribution in [-0.4, -0.2) is 26.2 Å². The molecule has 0 spiro atoms. The number of benzene rings is 1. The van der Waals surface area contributed by atoms with Gasteiger partial charge in [0.15, 0.2) is 11.2 Å². The molecule has 6 nitrogen and oxygen atoms in total. The van der Waals surface area contributed by atoms with E-state index in [1.807, 2.05) is 0 Å². The van der Waals surface area contributed by atoms with Crippen LogP contribution in [0.15, 0.2) is 8.83 Å². The van der Waals surface area contributed by atoms with Crippen molar-refractivity contribution in [2.75, 3.05) is 36.0 Å². The summed E-state index contributed by atoms with van der Waals surface area (Å²) >= 11 is 0. The van der Waals surface area contributed by atoms with E-state index in [0.717, 1.165) is 103 Å². The average Bonchev–Trinajstić information content (AvgIpc) is 3.64. The average molecular weight is 623 g/mol. The van der Waals surface area contributed by atoms with Gasteiger partial charge in [-0.3, -0.25) is 0 Å². The van der Waals surface area contributed by atoms with Crippen LogP contribution in [-0.2, 0) is 0 Å². The van der Waals surface area contributed by atoms with Gasteiger partial charge in [0.2, 0.25) is 11.8 Å². The molecule has 0 amide bonds. The highest BCUT2D eigenvalue weighted by Crippen LogP contribution is 2.45. The molecule has 0 bridgehead atoms. The molecule has 0 unspecified atom stereocenters. The van der Waals surface area contributed by atoms with E-state index in [0.29, 0.717) is 56.0 Å². The molecule has 46 heavy (non-hydrogen) atoms. The van der Waals surface area contributed by atoms with Crippen LogP contribution in [0.25, 0.3) is 21.9 Å². The summed E-state index contributed by atoms with van der Waals surface area (Å²) in [5.74, 6) is 6.65. The maximum Gasteiger partial charge on any atom is 0.214 e. The van der Waals surface area contributed by atoms with Crippen LogP contribution < -0.4 is 9.80 Å². The number of rotatable bonds is 22. The van der Waals surface area contributed by atoms with Crippen LogP contribution in [0, 0.1) is 47.3 Å². The molecule has 2 aromatic heterocycles. The standard InChI is InChI=1S/C40H54N4O2/c1-7-13-17-21-25-43(26-22-18-14-8-2)39-33(29-41)35-31(11-5)38-36(32(12-6)37(35)45-39)34(30-42)40(46-38)44(27-23-19-15-9-3)28-24-20-16-10-4/h5-6H,7-10,13-28H2,1-4H3. The van der Waals surface area contributed by atoms with Crippen molar-refractivity contribution < 1.29 is 8.83 Å². The summed E-state index contributed by atoms with van der Waals surface area (Å²) in [4.78, 5) is 4.38. The van der Waals surface area contributed by atoms with E-state index in [4.69, 9.17) is 21.7 Å². The van der Waals surface area contributed by atoms with Gasteiger partial charge in [0.1, 0.15) is 23.3 Å². The lowest BCUT2D eigenvalue weighted by molar-refractivity contribution is 0.543. The predicted octanol–water partition coefficient (Wildman–Crippen LogP) is 10.8. The molecule has 0 radical (unpaired) electrons. The van der Waals surface area contributed by atoms with E-state index in [-0.39, 0.29) is 0 Å². The highest BCUT2D eigenvalue weighted by Gasteiger charge is 2.31. The Labute approximate surface area is 278 Å². The van der Waals surface area contributed by atoms with Gasteiger partial charge in [-0.1, -0.05) is 117 Å². The van der Waals surface area contributed by atoms with Gasteiger partial charge in [0.05, 0.1) is 21.9 Å². The highest BCUT2D eigenvalue weighted by atomic mass is 16.4. The molecule has 0 aliphatic heterocycles. The normalized spacial score (nSPS) is 11.0. The Kier molecular flexibility index (Phi) is 15.5. The van der Waals surface area contributed by atoms with Crippen molar-refractivity contribution in [3.8, 4) is 36.8 Å². The van der Waals surface area contributed by atoms with E-state index in [2.05, 4.69) is 61.5 Å². The van der Waals surface area contributed by atoms with Crippen molar-refractivity contribution in [3.63, 3.8) is 0 Å². The van der Waals surface area contributed by atoms with E-state index in [9.17, 15) is 10.5 Å². The van der Waals surface area contributed by atoms with Gasteiger partial charge in [0, 0.05) is 26.2 Å². The highest BCUT2D eigenvalue weighted by molar-refractivity contribution is 6.12. The summed E-state index contributed by atoms with van der Waals surface area (Å²) in [7, 11) is 0. The first-order valence-electron chi connectivity index (χ1n) is 17.9. The fourth-order valence-electron chi connectivity index (χ4n) is 6.37. The molecule has 0 atom stereocenters. The number of hydrogen-bond donors (Lipinski definition) is 0. The molecule has 0 aliphatic carbocycles. The Balaban J connectivity index is 2.22. The lowest BCUT2D eigenvalue weighted by atomic mass is 9.97. The molecular weight excluding hydrogens is 568 g/mol. The fourth-order valence-corrected chi connectivity index (χ4v) is 6.37. The summed E-state index contributed by atoms with van der Waals surface area (Å²) in [6.07, 6.45) is 30.1. The molecule has 246 valence electrons. The molecule has 1 aromatic carbocycles. The SMILES string of the molecule is C#Cc1c2oc(N(CCCCCC)CCCCCC)c(C#N)c2c(C#C)c2oc(N(CCCCCC)CCCCCC)c(C#N)c12. The van der Waals surface area contributed by atoms with Crippen LogP contribution in [0.3, 0.4) is 0 Å². The second kappa shape index (κ2) is 19.5. The Hall–Kier alpha value is -4.00. The van der Waals surface area contributed by atoms with E-state index in [1.54, 1.807) is 0 Å². The fraction of sp³-hybridized carbons (Fsp3) is 0.600. The van der Waals surface area contributed by atoms with Crippen molar-refractivity contribution in [2.24, 2.45) is 0 Å². The molecule has 0 fully saturated rings. The van der Waals surface area contributed by atoms with Crippen LogP contribution in [0.2, 0.25) is 0 Å². The Bertz CT molecular complexity index is 1420. The van der Waals surface area contributed by atoms with Crippen molar-refractivity contribution in [1.29, 1.82) is 10.5 Å².